The summed E-state index contributed by atoms with van der Waals surface area (Å²) >= 11 is 5.77. The zero-order valence-electron chi connectivity index (χ0n) is 7.30. The summed E-state index contributed by atoms with van der Waals surface area (Å²) in [5.41, 5.74) is 2.02. The molecule has 0 saturated heterocycles. The Morgan fingerprint density at radius 3 is 2.83 bits per heavy atom. The molecule has 0 amide bonds. The SMILES string of the molecule is CCc1nccc(OC)c1CCl. The van der Waals surface area contributed by atoms with E-state index in [1.54, 1.807) is 13.3 Å². The molecule has 1 heterocycles. The van der Waals surface area contributed by atoms with Gasteiger partial charge in [0, 0.05) is 17.5 Å². The lowest BCUT2D eigenvalue weighted by molar-refractivity contribution is 0.409. The van der Waals surface area contributed by atoms with E-state index >= 15 is 0 Å². The normalized spacial score (nSPS) is 9.92. The first-order valence-electron chi connectivity index (χ1n) is 3.90. The quantitative estimate of drug-likeness (QED) is 0.675. The molecular weight excluding hydrogens is 174 g/mol. The highest BCUT2D eigenvalue weighted by Crippen LogP contribution is 2.22. The van der Waals surface area contributed by atoms with Crippen molar-refractivity contribution >= 4 is 11.6 Å². The molecule has 0 spiro atoms. The zero-order valence-corrected chi connectivity index (χ0v) is 8.06. The van der Waals surface area contributed by atoms with E-state index in [1.807, 2.05) is 6.07 Å². The molecule has 0 fully saturated rings. The molecule has 0 aliphatic rings. The molecule has 0 N–H and O–H groups in total. The standard InChI is InChI=1S/C9H12ClNO/c1-3-8-7(6-10)9(12-2)4-5-11-8/h4-5H,3,6H2,1-2H3. The fourth-order valence-electron chi connectivity index (χ4n) is 1.15. The monoisotopic (exact) mass is 185 g/mol. The van der Waals surface area contributed by atoms with Gasteiger partial charge in [-0.2, -0.15) is 0 Å². The zero-order chi connectivity index (χ0) is 8.97. The molecule has 0 bridgehead atoms. The third-order valence-corrected chi connectivity index (χ3v) is 2.06. The van der Waals surface area contributed by atoms with Crippen molar-refractivity contribution < 1.29 is 4.74 Å². The Morgan fingerprint density at radius 1 is 1.58 bits per heavy atom. The average molecular weight is 186 g/mol. The van der Waals surface area contributed by atoms with Crippen LogP contribution in [-0.4, -0.2) is 12.1 Å². The van der Waals surface area contributed by atoms with E-state index in [0.29, 0.717) is 5.88 Å². The molecule has 1 aromatic heterocycles. The van der Waals surface area contributed by atoms with Gasteiger partial charge in [0.05, 0.1) is 13.0 Å². The van der Waals surface area contributed by atoms with Crippen LogP contribution in [0.3, 0.4) is 0 Å². The number of aryl methyl sites for hydroxylation is 1. The minimum atomic E-state index is 0.459. The number of hydrogen-bond donors (Lipinski definition) is 0. The maximum absolute atomic E-state index is 5.77. The maximum Gasteiger partial charge on any atom is 0.126 e. The molecule has 1 aromatic rings. The smallest absolute Gasteiger partial charge is 0.126 e. The second-order valence-electron chi connectivity index (χ2n) is 2.43. The van der Waals surface area contributed by atoms with Crippen LogP contribution in [0.15, 0.2) is 12.3 Å². The molecular formula is C9H12ClNO. The van der Waals surface area contributed by atoms with Crippen LogP contribution in [0.25, 0.3) is 0 Å². The Bertz CT molecular complexity index is 240. The average Bonchev–Trinajstić information content (AvgIpc) is 2.16. The van der Waals surface area contributed by atoms with E-state index < -0.39 is 0 Å². The van der Waals surface area contributed by atoms with Crippen molar-refractivity contribution in [2.24, 2.45) is 0 Å². The molecule has 0 aromatic carbocycles. The molecule has 12 heavy (non-hydrogen) atoms. The second-order valence-corrected chi connectivity index (χ2v) is 2.69. The Hall–Kier alpha value is -0.760. The number of pyridine rings is 1. The topological polar surface area (TPSA) is 22.1 Å². The first kappa shape index (κ1) is 9.33. The largest absolute Gasteiger partial charge is 0.496 e. The molecule has 0 radical (unpaired) electrons. The van der Waals surface area contributed by atoms with E-state index in [0.717, 1.165) is 23.4 Å². The van der Waals surface area contributed by atoms with E-state index in [2.05, 4.69) is 11.9 Å². The van der Waals surface area contributed by atoms with E-state index in [1.165, 1.54) is 0 Å². The van der Waals surface area contributed by atoms with Crippen LogP contribution in [0.4, 0.5) is 0 Å². The number of methoxy groups -OCH3 is 1. The highest BCUT2D eigenvalue weighted by molar-refractivity contribution is 6.17. The van der Waals surface area contributed by atoms with Gasteiger partial charge in [0.25, 0.3) is 0 Å². The van der Waals surface area contributed by atoms with Gasteiger partial charge in [0.2, 0.25) is 0 Å². The van der Waals surface area contributed by atoms with Crippen molar-refractivity contribution in [2.45, 2.75) is 19.2 Å². The summed E-state index contributed by atoms with van der Waals surface area (Å²) in [7, 11) is 1.64. The van der Waals surface area contributed by atoms with Crippen molar-refractivity contribution in [3.05, 3.63) is 23.5 Å². The van der Waals surface area contributed by atoms with Gasteiger partial charge < -0.3 is 4.74 Å². The van der Waals surface area contributed by atoms with Crippen LogP contribution in [0.1, 0.15) is 18.2 Å². The highest BCUT2D eigenvalue weighted by Gasteiger charge is 2.06. The lowest BCUT2D eigenvalue weighted by Gasteiger charge is -2.08. The van der Waals surface area contributed by atoms with Crippen molar-refractivity contribution in [1.82, 2.24) is 4.98 Å². The minimum absolute atomic E-state index is 0.459. The van der Waals surface area contributed by atoms with E-state index in [9.17, 15) is 0 Å². The van der Waals surface area contributed by atoms with Crippen molar-refractivity contribution in [1.29, 1.82) is 0 Å². The van der Waals surface area contributed by atoms with Gasteiger partial charge in [-0.05, 0) is 12.5 Å². The van der Waals surface area contributed by atoms with Crippen LogP contribution in [0.2, 0.25) is 0 Å². The van der Waals surface area contributed by atoms with Crippen molar-refractivity contribution in [3.8, 4) is 5.75 Å². The second kappa shape index (κ2) is 4.31. The minimum Gasteiger partial charge on any atom is -0.496 e. The summed E-state index contributed by atoms with van der Waals surface area (Å²) in [4.78, 5) is 4.21. The lowest BCUT2D eigenvalue weighted by atomic mass is 10.1. The third kappa shape index (κ3) is 1.69. The summed E-state index contributed by atoms with van der Waals surface area (Å²) in [6.07, 6.45) is 2.63. The van der Waals surface area contributed by atoms with Crippen LogP contribution < -0.4 is 4.74 Å². The van der Waals surface area contributed by atoms with Gasteiger partial charge >= 0.3 is 0 Å². The maximum atomic E-state index is 5.77. The molecule has 3 heteroatoms. The predicted molar refractivity (Wildman–Crippen MR) is 49.7 cm³/mol. The molecule has 0 saturated carbocycles. The van der Waals surface area contributed by atoms with Gasteiger partial charge in [0.15, 0.2) is 0 Å². The van der Waals surface area contributed by atoms with Gasteiger partial charge in [-0.15, -0.1) is 11.6 Å². The number of aromatic nitrogens is 1. The molecule has 0 aliphatic heterocycles. The summed E-state index contributed by atoms with van der Waals surface area (Å²) in [6.45, 7) is 2.05. The van der Waals surface area contributed by atoms with Crippen LogP contribution in [-0.2, 0) is 12.3 Å². The molecule has 66 valence electrons. The van der Waals surface area contributed by atoms with Crippen LogP contribution in [0, 0.1) is 0 Å². The third-order valence-electron chi connectivity index (χ3n) is 1.79. The van der Waals surface area contributed by atoms with Gasteiger partial charge in [0.1, 0.15) is 5.75 Å². The molecule has 1 rings (SSSR count). The van der Waals surface area contributed by atoms with Crippen molar-refractivity contribution in [3.63, 3.8) is 0 Å². The predicted octanol–water partition coefficient (Wildman–Crippen LogP) is 2.39. The Labute approximate surface area is 77.5 Å². The Morgan fingerprint density at radius 2 is 2.33 bits per heavy atom. The van der Waals surface area contributed by atoms with Gasteiger partial charge in [-0.1, -0.05) is 6.92 Å². The van der Waals surface area contributed by atoms with Gasteiger partial charge in [-0.3, -0.25) is 4.98 Å². The van der Waals surface area contributed by atoms with Crippen molar-refractivity contribution in [2.75, 3.05) is 7.11 Å². The number of nitrogens with zero attached hydrogens (tertiary/aromatic N) is 1. The molecule has 0 unspecified atom stereocenters. The number of rotatable bonds is 3. The highest BCUT2D eigenvalue weighted by atomic mass is 35.5. The lowest BCUT2D eigenvalue weighted by Crippen LogP contribution is -1.97. The number of halogens is 1. The first-order chi connectivity index (χ1) is 5.83. The van der Waals surface area contributed by atoms with Crippen LogP contribution in [0.5, 0.6) is 5.75 Å². The van der Waals surface area contributed by atoms with E-state index in [4.69, 9.17) is 16.3 Å². The molecule has 2 nitrogen and oxygen atoms in total. The van der Waals surface area contributed by atoms with Gasteiger partial charge in [-0.25, -0.2) is 0 Å². The number of hydrogen-bond acceptors (Lipinski definition) is 2. The van der Waals surface area contributed by atoms with Crippen LogP contribution >= 0.6 is 11.6 Å². The summed E-state index contributed by atoms with van der Waals surface area (Å²) in [5.74, 6) is 1.29. The number of alkyl halides is 1. The molecule has 0 atom stereocenters. The summed E-state index contributed by atoms with van der Waals surface area (Å²) in [5, 5.41) is 0. The fourth-order valence-corrected chi connectivity index (χ4v) is 1.44. The Kier molecular flexibility index (Phi) is 3.35. The Balaban J connectivity index is 3.13. The van der Waals surface area contributed by atoms with E-state index in [-0.39, 0.29) is 0 Å². The molecule has 0 aliphatic carbocycles. The number of ether oxygens (including phenoxy) is 1. The first-order valence-corrected chi connectivity index (χ1v) is 4.43. The summed E-state index contributed by atoms with van der Waals surface area (Å²) in [6, 6.07) is 1.83. The fraction of sp³-hybridized carbons (Fsp3) is 0.444. The summed E-state index contributed by atoms with van der Waals surface area (Å²) < 4.78 is 5.15.